The lowest BCUT2D eigenvalue weighted by atomic mass is 10.1. The van der Waals surface area contributed by atoms with Crippen molar-refractivity contribution in [2.24, 2.45) is 0 Å². The molecule has 104 valence electrons. The minimum Gasteiger partial charge on any atom is -0.288 e. The van der Waals surface area contributed by atoms with Gasteiger partial charge in [0.25, 0.3) is 0 Å². The molecular weight excluding hydrogens is 325 g/mol. The van der Waals surface area contributed by atoms with Crippen molar-refractivity contribution in [3.8, 4) is 0 Å². The van der Waals surface area contributed by atoms with E-state index in [0.717, 1.165) is 9.48 Å². The number of halogens is 4. The zero-order chi connectivity index (χ0) is 14.0. The molecule has 0 radical (unpaired) electrons. The molecule has 0 saturated carbocycles. The van der Waals surface area contributed by atoms with Crippen LogP contribution in [0, 0.1) is 0 Å². The van der Waals surface area contributed by atoms with Gasteiger partial charge < -0.3 is 0 Å². The van der Waals surface area contributed by atoms with E-state index in [2.05, 4.69) is 21.4 Å². The van der Waals surface area contributed by atoms with Crippen molar-refractivity contribution in [1.29, 1.82) is 0 Å². The third-order valence-electron chi connectivity index (χ3n) is 2.92. The summed E-state index contributed by atoms with van der Waals surface area (Å²) in [4.78, 5) is 11.1. The Kier molecular flexibility index (Phi) is 4.15. The summed E-state index contributed by atoms with van der Waals surface area (Å²) in [6, 6.07) is 5.03. The molecular formula is C12H12BrF3N2O. The minimum atomic E-state index is -4.39. The highest BCUT2D eigenvalue weighted by Gasteiger charge is 2.45. The van der Waals surface area contributed by atoms with Crippen LogP contribution in [-0.4, -0.2) is 29.7 Å². The molecule has 0 spiro atoms. The SMILES string of the molecule is O=C1CCN([C@@H](Cc2cccc(Br)c2)C(F)(F)F)N1. The number of hydrogen-bond acceptors (Lipinski definition) is 2. The quantitative estimate of drug-likeness (QED) is 0.920. The normalized spacial score (nSPS) is 18.4. The molecule has 1 saturated heterocycles. The van der Waals surface area contributed by atoms with Gasteiger partial charge in [-0.15, -0.1) is 0 Å². The van der Waals surface area contributed by atoms with Gasteiger partial charge in [0.2, 0.25) is 5.91 Å². The van der Waals surface area contributed by atoms with Gasteiger partial charge in [0, 0.05) is 17.4 Å². The van der Waals surface area contributed by atoms with Crippen LogP contribution in [0.15, 0.2) is 28.7 Å². The van der Waals surface area contributed by atoms with E-state index >= 15 is 0 Å². The molecule has 1 atom stereocenters. The Balaban J connectivity index is 2.17. The number of hydrogen-bond donors (Lipinski definition) is 1. The van der Waals surface area contributed by atoms with Crippen molar-refractivity contribution in [2.75, 3.05) is 6.54 Å². The highest BCUT2D eigenvalue weighted by molar-refractivity contribution is 9.10. The summed E-state index contributed by atoms with van der Waals surface area (Å²) < 4.78 is 40.0. The van der Waals surface area contributed by atoms with E-state index in [1.807, 2.05) is 0 Å². The van der Waals surface area contributed by atoms with Crippen LogP contribution < -0.4 is 5.43 Å². The van der Waals surface area contributed by atoms with Gasteiger partial charge in [0.05, 0.1) is 0 Å². The summed E-state index contributed by atoms with van der Waals surface area (Å²) >= 11 is 3.23. The lowest BCUT2D eigenvalue weighted by Crippen LogP contribution is -2.51. The topological polar surface area (TPSA) is 32.3 Å². The van der Waals surface area contributed by atoms with Crippen LogP contribution >= 0.6 is 15.9 Å². The molecule has 0 aromatic heterocycles. The van der Waals surface area contributed by atoms with Gasteiger partial charge in [0.15, 0.2) is 0 Å². The van der Waals surface area contributed by atoms with Crippen LogP contribution in [0.1, 0.15) is 12.0 Å². The highest BCUT2D eigenvalue weighted by Crippen LogP contribution is 2.28. The van der Waals surface area contributed by atoms with Crippen molar-refractivity contribution in [1.82, 2.24) is 10.4 Å². The number of carbonyl (C=O) groups excluding carboxylic acids is 1. The Hall–Kier alpha value is -1.08. The third-order valence-corrected chi connectivity index (χ3v) is 3.41. The van der Waals surface area contributed by atoms with Crippen LogP contribution in [0.25, 0.3) is 0 Å². The van der Waals surface area contributed by atoms with E-state index in [1.165, 1.54) is 0 Å². The van der Waals surface area contributed by atoms with E-state index in [-0.39, 0.29) is 25.3 Å². The van der Waals surface area contributed by atoms with Crippen molar-refractivity contribution < 1.29 is 18.0 Å². The van der Waals surface area contributed by atoms with Gasteiger partial charge in [0.1, 0.15) is 6.04 Å². The first kappa shape index (κ1) is 14.3. The van der Waals surface area contributed by atoms with Crippen molar-refractivity contribution in [3.63, 3.8) is 0 Å². The fraction of sp³-hybridized carbons (Fsp3) is 0.417. The van der Waals surface area contributed by atoms with Gasteiger partial charge in [-0.1, -0.05) is 28.1 Å². The van der Waals surface area contributed by atoms with Crippen LogP contribution in [-0.2, 0) is 11.2 Å². The largest absolute Gasteiger partial charge is 0.406 e. The smallest absolute Gasteiger partial charge is 0.288 e. The second-order valence-electron chi connectivity index (χ2n) is 4.37. The first-order valence-electron chi connectivity index (χ1n) is 5.73. The first-order chi connectivity index (χ1) is 8.86. The Labute approximate surface area is 116 Å². The molecule has 1 aliphatic heterocycles. The predicted octanol–water partition coefficient (Wildman–Crippen LogP) is 2.66. The van der Waals surface area contributed by atoms with Gasteiger partial charge in [-0.05, 0) is 24.1 Å². The van der Waals surface area contributed by atoms with E-state index in [0.29, 0.717) is 5.56 Å². The van der Waals surface area contributed by atoms with E-state index in [1.54, 1.807) is 24.3 Å². The summed E-state index contributed by atoms with van der Waals surface area (Å²) in [5.74, 6) is -0.372. The molecule has 7 heteroatoms. The van der Waals surface area contributed by atoms with Crippen LogP contribution in [0.5, 0.6) is 0 Å². The molecule has 1 fully saturated rings. The van der Waals surface area contributed by atoms with Crippen LogP contribution in [0.4, 0.5) is 13.2 Å². The monoisotopic (exact) mass is 336 g/mol. The number of nitrogens with one attached hydrogen (secondary N) is 1. The van der Waals surface area contributed by atoms with E-state index in [9.17, 15) is 18.0 Å². The Morgan fingerprint density at radius 2 is 2.16 bits per heavy atom. The van der Waals surface area contributed by atoms with Gasteiger partial charge in [-0.3, -0.25) is 10.2 Å². The maximum Gasteiger partial charge on any atom is 0.406 e. The maximum atomic E-state index is 13.1. The lowest BCUT2D eigenvalue weighted by molar-refractivity contribution is -0.187. The molecule has 1 aromatic carbocycles. The average Bonchev–Trinajstić information content (AvgIpc) is 2.71. The number of hydrazine groups is 1. The van der Waals surface area contributed by atoms with Gasteiger partial charge >= 0.3 is 6.18 Å². The van der Waals surface area contributed by atoms with Crippen LogP contribution in [0.3, 0.4) is 0 Å². The summed E-state index contributed by atoms with van der Waals surface area (Å²) in [6.07, 6.45) is -4.48. The number of carbonyl (C=O) groups is 1. The Bertz CT molecular complexity index is 478. The number of amides is 1. The van der Waals surface area contributed by atoms with Gasteiger partial charge in [-0.25, -0.2) is 5.01 Å². The molecule has 3 nitrogen and oxygen atoms in total. The summed E-state index contributed by atoms with van der Waals surface area (Å²) in [7, 11) is 0. The van der Waals surface area contributed by atoms with Crippen molar-refractivity contribution in [3.05, 3.63) is 34.3 Å². The highest BCUT2D eigenvalue weighted by atomic mass is 79.9. The number of nitrogens with zero attached hydrogens (tertiary/aromatic N) is 1. The second-order valence-corrected chi connectivity index (χ2v) is 5.29. The Morgan fingerprint density at radius 1 is 1.42 bits per heavy atom. The molecule has 1 heterocycles. The maximum absolute atomic E-state index is 13.1. The molecule has 0 unspecified atom stereocenters. The molecule has 1 amide bonds. The van der Waals surface area contributed by atoms with Gasteiger partial charge in [-0.2, -0.15) is 13.2 Å². The molecule has 1 aromatic rings. The van der Waals surface area contributed by atoms with E-state index < -0.39 is 12.2 Å². The third kappa shape index (κ3) is 3.70. The predicted molar refractivity (Wildman–Crippen MR) is 67.2 cm³/mol. The van der Waals surface area contributed by atoms with E-state index in [4.69, 9.17) is 0 Å². The fourth-order valence-corrected chi connectivity index (χ4v) is 2.46. The molecule has 19 heavy (non-hydrogen) atoms. The zero-order valence-electron chi connectivity index (χ0n) is 9.88. The fourth-order valence-electron chi connectivity index (χ4n) is 2.02. The van der Waals surface area contributed by atoms with Crippen molar-refractivity contribution in [2.45, 2.75) is 25.1 Å². The summed E-state index contributed by atoms with van der Waals surface area (Å²) in [5, 5.41) is 0.975. The minimum absolute atomic E-state index is 0.0804. The molecule has 1 N–H and O–H groups in total. The second kappa shape index (κ2) is 5.50. The number of benzene rings is 1. The summed E-state index contributed by atoms with van der Waals surface area (Å²) in [5.41, 5.74) is 2.83. The van der Waals surface area contributed by atoms with Crippen LogP contribution in [0.2, 0.25) is 0 Å². The first-order valence-corrected chi connectivity index (χ1v) is 6.53. The van der Waals surface area contributed by atoms with Crippen molar-refractivity contribution >= 4 is 21.8 Å². The zero-order valence-corrected chi connectivity index (χ0v) is 11.5. The molecule has 1 aliphatic rings. The summed E-state index contributed by atoms with van der Waals surface area (Å²) in [6.45, 7) is 0.0804. The molecule has 2 rings (SSSR count). The lowest BCUT2D eigenvalue weighted by Gasteiger charge is -2.29. The standard InChI is InChI=1S/C12H12BrF3N2O/c13-9-3-1-2-8(6-9)7-10(12(14,15)16)18-5-4-11(19)17-18/h1-3,6,10H,4-5,7H2,(H,17,19)/t10-/m0/s1. The average molecular weight is 337 g/mol. The molecule has 0 aliphatic carbocycles. The number of alkyl halides is 3. The Morgan fingerprint density at radius 3 is 2.68 bits per heavy atom. The number of rotatable bonds is 3. The molecule has 0 bridgehead atoms.